The van der Waals surface area contributed by atoms with E-state index < -0.39 is 0 Å². The highest BCUT2D eigenvalue weighted by atomic mass is 16.6. The maximum atomic E-state index is 10.8. The second kappa shape index (κ2) is 7.61. The van der Waals surface area contributed by atoms with E-state index in [1.54, 1.807) is 19.2 Å². The topological polar surface area (TPSA) is 79.6 Å². The third kappa shape index (κ3) is 4.73. The van der Waals surface area contributed by atoms with Gasteiger partial charge in [-0.15, -0.1) is 0 Å². The highest BCUT2D eigenvalue weighted by Crippen LogP contribution is 2.17. The average molecular weight is 290 g/mol. The highest BCUT2D eigenvalue weighted by Gasteiger charge is 2.14. The van der Waals surface area contributed by atoms with Gasteiger partial charge in [0.1, 0.15) is 0 Å². The summed E-state index contributed by atoms with van der Waals surface area (Å²) >= 11 is 0. The summed E-state index contributed by atoms with van der Waals surface area (Å²) < 4.78 is 0. The smallest absolute Gasteiger partial charge is 0.269 e. The molecule has 114 valence electrons. The van der Waals surface area contributed by atoms with Crippen LogP contribution in [0.2, 0.25) is 0 Å². The Morgan fingerprint density at radius 1 is 1.38 bits per heavy atom. The Morgan fingerprint density at radius 2 is 2.14 bits per heavy atom. The molecule has 2 rings (SSSR count). The molecule has 6 nitrogen and oxygen atoms in total. The van der Waals surface area contributed by atoms with Gasteiger partial charge in [-0.2, -0.15) is 0 Å². The molecule has 0 spiro atoms. The first-order valence-corrected chi connectivity index (χ1v) is 7.39. The molecule has 1 fully saturated rings. The minimum Gasteiger partial charge on any atom is -0.354 e. The number of guanidine groups is 1. The lowest BCUT2D eigenvalue weighted by Crippen LogP contribution is -2.43. The summed E-state index contributed by atoms with van der Waals surface area (Å²) in [6.07, 6.45) is 6.20. The fraction of sp³-hybridized carbons (Fsp3) is 0.533. The van der Waals surface area contributed by atoms with Gasteiger partial charge in [0.2, 0.25) is 0 Å². The quantitative estimate of drug-likeness (QED) is 0.386. The number of benzene rings is 1. The summed E-state index contributed by atoms with van der Waals surface area (Å²) in [7, 11) is 1.74. The van der Waals surface area contributed by atoms with Gasteiger partial charge in [0.05, 0.1) is 4.92 Å². The standard InChI is InChI=1S/C15H22N4O2/c1-16-15(18-13-7-3-2-4-8-13)17-11-12-6-5-9-14(10-12)19(20)21/h5-6,9-10,13H,2-4,7-8,11H2,1H3,(H2,16,17,18). The lowest BCUT2D eigenvalue weighted by atomic mass is 9.96. The molecule has 0 unspecified atom stereocenters. The molecule has 0 aliphatic heterocycles. The van der Waals surface area contributed by atoms with Gasteiger partial charge in [0.15, 0.2) is 5.96 Å². The Kier molecular flexibility index (Phi) is 5.54. The summed E-state index contributed by atoms with van der Waals surface area (Å²) in [5, 5.41) is 17.4. The number of rotatable bonds is 4. The maximum Gasteiger partial charge on any atom is 0.269 e. The van der Waals surface area contributed by atoms with Crippen molar-refractivity contribution >= 4 is 11.6 Å². The normalized spacial score (nSPS) is 16.5. The van der Waals surface area contributed by atoms with Crippen LogP contribution in [0.4, 0.5) is 5.69 Å². The summed E-state index contributed by atoms with van der Waals surface area (Å²) in [5.74, 6) is 0.758. The van der Waals surface area contributed by atoms with Crippen molar-refractivity contribution in [3.63, 3.8) is 0 Å². The molecule has 1 aliphatic carbocycles. The number of nitrogens with zero attached hydrogens (tertiary/aromatic N) is 2. The first kappa shape index (κ1) is 15.3. The molecule has 1 aromatic rings. The largest absolute Gasteiger partial charge is 0.354 e. The molecular weight excluding hydrogens is 268 g/mol. The zero-order chi connectivity index (χ0) is 15.1. The predicted octanol–water partition coefficient (Wildman–Crippen LogP) is 2.59. The lowest BCUT2D eigenvalue weighted by molar-refractivity contribution is -0.384. The van der Waals surface area contributed by atoms with Crippen LogP contribution in [0.3, 0.4) is 0 Å². The number of hydrogen-bond donors (Lipinski definition) is 2. The van der Waals surface area contributed by atoms with Crippen LogP contribution >= 0.6 is 0 Å². The number of nitrogens with one attached hydrogen (secondary N) is 2. The Bertz CT molecular complexity index is 510. The molecule has 0 radical (unpaired) electrons. The van der Waals surface area contributed by atoms with Crippen LogP contribution < -0.4 is 10.6 Å². The van der Waals surface area contributed by atoms with Crippen molar-refractivity contribution in [3.8, 4) is 0 Å². The molecule has 1 aromatic carbocycles. The minimum absolute atomic E-state index is 0.115. The number of non-ortho nitro benzene ring substituents is 1. The Morgan fingerprint density at radius 3 is 2.81 bits per heavy atom. The predicted molar refractivity (Wildman–Crippen MR) is 83.3 cm³/mol. The van der Waals surface area contributed by atoms with Crippen molar-refractivity contribution in [2.45, 2.75) is 44.7 Å². The van der Waals surface area contributed by atoms with Crippen LogP contribution in [0.1, 0.15) is 37.7 Å². The highest BCUT2D eigenvalue weighted by molar-refractivity contribution is 5.79. The van der Waals surface area contributed by atoms with E-state index in [1.807, 2.05) is 6.07 Å². The van der Waals surface area contributed by atoms with Gasteiger partial charge in [0, 0.05) is 31.8 Å². The van der Waals surface area contributed by atoms with Gasteiger partial charge in [-0.25, -0.2) is 0 Å². The molecule has 0 saturated heterocycles. The molecule has 0 heterocycles. The molecular formula is C15H22N4O2. The Labute approximate surface area is 124 Å². The van der Waals surface area contributed by atoms with E-state index in [1.165, 1.54) is 38.2 Å². The van der Waals surface area contributed by atoms with Crippen molar-refractivity contribution < 1.29 is 4.92 Å². The van der Waals surface area contributed by atoms with E-state index in [0.717, 1.165) is 11.5 Å². The third-order valence-electron chi connectivity index (χ3n) is 3.75. The summed E-state index contributed by atoms with van der Waals surface area (Å²) in [4.78, 5) is 14.6. The van der Waals surface area contributed by atoms with Gasteiger partial charge >= 0.3 is 0 Å². The molecule has 2 N–H and O–H groups in total. The van der Waals surface area contributed by atoms with E-state index in [0.29, 0.717) is 12.6 Å². The van der Waals surface area contributed by atoms with Crippen molar-refractivity contribution in [1.82, 2.24) is 10.6 Å². The zero-order valence-corrected chi connectivity index (χ0v) is 12.3. The van der Waals surface area contributed by atoms with Crippen LogP contribution in [0.15, 0.2) is 29.3 Å². The van der Waals surface area contributed by atoms with Crippen molar-refractivity contribution in [2.24, 2.45) is 4.99 Å². The van der Waals surface area contributed by atoms with Crippen LogP contribution in [-0.4, -0.2) is 24.0 Å². The second-order valence-electron chi connectivity index (χ2n) is 5.33. The van der Waals surface area contributed by atoms with Gasteiger partial charge < -0.3 is 10.6 Å². The van der Waals surface area contributed by atoms with Gasteiger partial charge in [0.25, 0.3) is 5.69 Å². The summed E-state index contributed by atoms with van der Waals surface area (Å²) in [6, 6.07) is 7.13. The van der Waals surface area contributed by atoms with Crippen molar-refractivity contribution in [3.05, 3.63) is 39.9 Å². The van der Waals surface area contributed by atoms with Crippen LogP contribution in [0.25, 0.3) is 0 Å². The minimum atomic E-state index is -0.376. The summed E-state index contributed by atoms with van der Waals surface area (Å²) in [5.41, 5.74) is 0.986. The third-order valence-corrected chi connectivity index (χ3v) is 3.75. The van der Waals surface area contributed by atoms with E-state index in [4.69, 9.17) is 0 Å². The molecule has 1 aliphatic rings. The fourth-order valence-electron chi connectivity index (χ4n) is 2.60. The molecule has 21 heavy (non-hydrogen) atoms. The van der Waals surface area contributed by atoms with E-state index >= 15 is 0 Å². The second-order valence-corrected chi connectivity index (χ2v) is 5.33. The van der Waals surface area contributed by atoms with Crippen molar-refractivity contribution in [2.75, 3.05) is 7.05 Å². The Balaban J connectivity index is 1.88. The Hall–Kier alpha value is -2.11. The number of nitro groups is 1. The van der Waals surface area contributed by atoms with Gasteiger partial charge in [-0.05, 0) is 18.4 Å². The lowest BCUT2D eigenvalue weighted by Gasteiger charge is -2.24. The molecule has 0 amide bonds. The zero-order valence-electron chi connectivity index (χ0n) is 12.3. The average Bonchev–Trinajstić information content (AvgIpc) is 2.52. The molecule has 1 saturated carbocycles. The molecule has 0 bridgehead atoms. The molecule has 0 aromatic heterocycles. The van der Waals surface area contributed by atoms with Crippen LogP contribution in [-0.2, 0) is 6.54 Å². The summed E-state index contributed by atoms with van der Waals surface area (Å²) in [6.45, 7) is 0.522. The van der Waals surface area contributed by atoms with Gasteiger partial charge in [-0.3, -0.25) is 15.1 Å². The van der Waals surface area contributed by atoms with Gasteiger partial charge in [-0.1, -0.05) is 31.4 Å². The van der Waals surface area contributed by atoms with Crippen LogP contribution in [0, 0.1) is 10.1 Å². The SMILES string of the molecule is CN=C(NCc1cccc([N+](=O)[O-])c1)NC1CCCCC1. The van der Waals surface area contributed by atoms with E-state index in [-0.39, 0.29) is 10.6 Å². The number of nitro benzene ring substituents is 1. The monoisotopic (exact) mass is 290 g/mol. The first-order chi connectivity index (χ1) is 10.2. The maximum absolute atomic E-state index is 10.8. The number of hydrogen-bond acceptors (Lipinski definition) is 3. The van der Waals surface area contributed by atoms with Crippen molar-refractivity contribution in [1.29, 1.82) is 0 Å². The van der Waals surface area contributed by atoms with E-state index in [9.17, 15) is 10.1 Å². The van der Waals surface area contributed by atoms with E-state index in [2.05, 4.69) is 15.6 Å². The molecule has 6 heteroatoms. The fourth-order valence-corrected chi connectivity index (χ4v) is 2.60. The molecule has 0 atom stereocenters. The number of aliphatic imine (C=N–C) groups is 1. The first-order valence-electron chi connectivity index (χ1n) is 7.39. The van der Waals surface area contributed by atoms with Crippen LogP contribution in [0.5, 0.6) is 0 Å².